The summed E-state index contributed by atoms with van der Waals surface area (Å²) in [5.74, 6) is 0.0821. The molecule has 1 aliphatic heterocycles. The van der Waals surface area contributed by atoms with Gasteiger partial charge in [-0.05, 0) is 63.1 Å². The summed E-state index contributed by atoms with van der Waals surface area (Å²) in [5.41, 5.74) is 2.96. The minimum atomic E-state index is 0.0821. The second-order valence-electron chi connectivity index (χ2n) is 7.22. The van der Waals surface area contributed by atoms with Crippen LogP contribution in [0.3, 0.4) is 0 Å². The molecule has 5 nitrogen and oxygen atoms in total. The number of amides is 1. The molecule has 7 heteroatoms. The monoisotopic (exact) mass is 453 g/mol. The maximum Gasteiger partial charge on any atom is 0.224 e. The van der Waals surface area contributed by atoms with Gasteiger partial charge >= 0.3 is 0 Å². The molecule has 0 radical (unpaired) electrons. The molecule has 0 aliphatic carbocycles. The molecule has 2 N–H and O–H groups in total. The van der Waals surface area contributed by atoms with Gasteiger partial charge in [-0.3, -0.25) is 4.79 Å². The fourth-order valence-corrected chi connectivity index (χ4v) is 3.71. The van der Waals surface area contributed by atoms with Crippen LogP contribution < -0.4 is 10.6 Å². The van der Waals surface area contributed by atoms with E-state index in [1.54, 1.807) is 6.07 Å². The topological polar surface area (TPSA) is 53.6 Å². The Morgan fingerprint density at radius 1 is 1.23 bits per heavy atom. The number of hydrogen-bond donors (Lipinski definition) is 2. The molecule has 0 atom stereocenters. The number of piperidine rings is 1. The molecule has 1 saturated heterocycles. The number of nitrogens with one attached hydrogen (secondary N) is 2. The largest absolute Gasteiger partial charge is 0.383 e. The van der Waals surface area contributed by atoms with E-state index in [-0.39, 0.29) is 5.91 Å². The first kappa shape index (κ1) is 24.7. The van der Waals surface area contributed by atoms with Crippen LogP contribution in [-0.2, 0) is 9.53 Å². The number of ether oxygens (including phenoxy) is 1. The highest BCUT2D eigenvalue weighted by Gasteiger charge is 2.15. The molecule has 1 aromatic rings. The molecular formula is C23H33Cl2N3O2. The highest BCUT2D eigenvalue weighted by atomic mass is 35.5. The van der Waals surface area contributed by atoms with Crippen molar-refractivity contribution < 1.29 is 9.53 Å². The van der Waals surface area contributed by atoms with Gasteiger partial charge in [0.25, 0.3) is 0 Å². The van der Waals surface area contributed by atoms with Crippen molar-refractivity contribution >= 4 is 34.8 Å². The Kier molecular flexibility index (Phi) is 11.3. The first-order chi connectivity index (χ1) is 14.5. The Morgan fingerprint density at radius 3 is 2.83 bits per heavy atom. The van der Waals surface area contributed by atoms with Crippen LogP contribution in [-0.4, -0.2) is 50.2 Å². The molecule has 2 rings (SSSR count). The van der Waals surface area contributed by atoms with Crippen LogP contribution in [0.2, 0.25) is 10.0 Å². The zero-order chi connectivity index (χ0) is 21.8. The van der Waals surface area contributed by atoms with Gasteiger partial charge in [0.15, 0.2) is 0 Å². The van der Waals surface area contributed by atoms with Crippen molar-refractivity contribution in [3.05, 3.63) is 51.7 Å². The molecule has 0 saturated carbocycles. The summed E-state index contributed by atoms with van der Waals surface area (Å²) in [4.78, 5) is 14.0. The van der Waals surface area contributed by atoms with Gasteiger partial charge in [0.1, 0.15) is 0 Å². The number of halogens is 2. The number of hydrogen-bond acceptors (Lipinski definition) is 4. The maximum absolute atomic E-state index is 11.5. The lowest BCUT2D eigenvalue weighted by atomic mass is 10.0. The van der Waals surface area contributed by atoms with Crippen LogP contribution in [0.15, 0.2) is 41.6 Å². The first-order valence-corrected chi connectivity index (χ1v) is 11.4. The van der Waals surface area contributed by atoms with Gasteiger partial charge in [-0.25, -0.2) is 0 Å². The predicted octanol–water partition coefficient (Wildman–Crippen LogP) is 5.26. The van der Waals surface area contributed by atoms with Crippen molar-refractivity contribution in [2.45, 2.75) is 39.5 Å². The molecule has 1 amide bonds. The summed E-state index contributed by atoms with van der Waals surface area (Å²) in [7, 11) is 0. The zero-order valence-electron chi connectivity index (χ0n) is 18.0. The minimum Gasteiger partial charge on any atom is -0.383 e. The molecule has 0 unspecified atom stereocenters. The molecule has 30 heavy (non-hydrogen) atoms. The van der Waals surface area contributed by atoms with E-state index in [0.717, 1.165) is 63.4 Å². The average molecular weight is 454 g/mol. The van der Waals surface area contributed by atoms with Crippen molar-refractivity contribution in [3.63, 3.8) is 0 Å². The standard InChI is InChI=1S/C23H33Cl2N3O2/c1-3-18-10-11-22(29)27-20(18)12-17-30-16-6-5-14-28(4-2)15-13-26-21-9-7-8-19(24)23(21)25/h3,7-9,12,26H,4-6,10-11,13-17H2,1-2H3,(H,27,29)/b18-3-,20-12+. The fraction of sp³-hybridized carbons (Fsp3) is 0.522. The third-order valence-corrected chi connectivity index (χ3v) is 5.97. The minimum absolute atomic E-state index is 0.0821. The number of unbranched alkanes of at least 4 members (excludes halogenated alkanes) is 1. The summed E-state index contributed by atoms with van der Waals surface area (Å²) in [5, 5.41) is 7.42. The van der Waals surface area contributed by atoms with Crippen LogP contribution >= 0.6 is 23.2 Å². The van der Waals surface area contributed by atoms with Crippen molar-refractivity contribution in [1.29, 1.82) is 0 Å². The van der Waals surface area contributed by atoms with Crippen LogP contribution in [0.1, 0.15) is 39.5 Å². The summed E-state index contributed by atoms with van der Waals surface area (Å²) < 4.78 is 5.73. The molecule has 0 spiro atoms. The van der Waals surface area contributed by atoms with Gasteiger partial charge < -0.3 is 20.3 Å². The van der Waals surface area contributed by atoms with Crippen molar-refractivity contribution in [2.24, 2.45) is 0 Å². The van der Waals surface area contributed by atoms with Crippen molar-refractivity contribution in [3.8, 4) is 0 Å². The summed E-state index contributed by atoms with van der Waals surface area (Å²) in [6.45, 7) is 9.21. The van der Waals surface area contributed by atoms with E-state index in [4.69, 9.17) is 27.9 Å². The normalized spacial score (nSPS) is 17.0. The molecule has 1 aliphatic rings. The number of likely N-dealkylation sites (N-methyl/N-ethyl adjacent to an activating group) is 1. The van der Waals surface area contributed by atoms with E-state index in [1.807, 2.05) is 25.1 Å². The van der Waals surface area contributed by atoms with E-state index in [0.29, 0.717) is 23.1 Å². The molecular weight excluding hydrogens is 421 g/mol. The Morgan fingerprint density at radius 2 is 2.07 bits per heavy atom. The van der Waals surface area contributed by atoms with Gasteiger partial charge in [-0.15, -0.1) is 0 Å². The molecule has 1 aromatic carbocycles. The summed E-state index contributed by atoms with van der Waals surface area (Å²) in [6.07, 6.45) is 7.49. The number of anilines is 1. The van der Waals surface area contributed by atoms with E-state index < -0.39 is 0 Å². The van der Waals surface area contributed by atoms with Crippen molar-refractivity contribution in [2.75, 3.05) is 44.7 Å². The Bertz CT molecular complexity index is 750. The van der Waals surface area contributed by atoms with Gasteiger partial charge in [0.05, 0.1) is 22.3 Å². The first-order valence-electron chi connectivity index (χ1n) is 10.7. The molecule has 1 fully saturated rings. The van der Waals surface area contributed by atoms with Gasteiger partial charge in [0.2, 0.25) is 5.91 Å². The van der Waals surface area contributed by atoms with Gasteiger partial charge in [-0.2, -0.15) is 0 Å². The second-order valence-corrected chi connectivity index (χ2v) is 8.01. The fourth-order valence-electron chi connectivity index (χ4n) is 3.34. The summed E-state index contributed by atoms with van der Waals surface area (Å²) >= 11 is 12.3. The van der Waals surface area contributed by atoms with E-state index in [2.05, 4.69) is 28.5 Å². The highest BCUT2D eigenvalue weighted by Crippen LogP contribution is 2.29. The average Bonchev–Trinajstić information content (AvgIpc) is 2.74. The number of carbonyl (C=O) groups excluding carboxylic acids is 1. The lowest BCUT2D eigenvalue weighted by molar-refractivity contribution is -0.120. The molecule has 0 bridgehead atoms. The van der Waals surface area contributed by atoms with Crippen LogP contribution in [0.25, 0.3) is 0 Å². The van der Waals surface area contributed by atoms with Crippen molar-refractivity contribution in [1.82, 2.24) is 10.2 Å². The van der Waals surface area contributed by atoms with Crippen LogP contribution in [0.4, 0.5) is 5.69 Å². The number of nitrogens with zero attached hydrogens (tertiary/aromatic N) is 1. The predicted molar refractivity (Wildman–Crippen MR) is 126 cm³/mol. The molecule has 0 aromatic heterocycles. The quantitative estimate of drug-likeness (QED) is 0.423. The third-order valence-electron chi connectivity index (χ3n) is 5.15. The number of benzene rings is 1. The Labute approximate surface area is 190 Å². The zero-order valence-corrected chi connectivity index (χ0v) is 19.5. The van der Waals surface area contributed by atoms with Gasteiger partial charge in [0, 0.05) is 31.8 Å². The maximum atomic E-state index is 11.5. The van der Waals surface area contributed by atoms with Crippen LogP contribution in [0, 0.1) is 0 Å². The SMILES string of the molecule is C/C=C1/CCC(=O)N/C1=C/COCCCCN(CC)CCNc1cccc(Cl)c1Cl. The Hall–Kier alpha value is -1.53. The second kappa shape index (κ2) is 13.7. The smallest absolute Gasteiger partial charge is 0.224 e. The van der Waals surface area contributed by atoms with Crippen LogP contribution in [0.5, 0.6) is 0 Å². The van der Waals surface area contributed by atoms with E-state index >= 15 is 0 Å². The molecule has 1 heterocycles. The Balaban J connectivity index is 1.59. The number of carbonyl (C=O) groups is 1. The number of rotatable bonds is 12. The number of allylic oxidation sites excluding steroid dienone is 2. The van der Waals surface area contributed by atoms with E-state index in [9.17, 15) is 4.79 Å². The van der Waals surface area contributed by atoms with Gasteiger partial charge in [-0.1, -0.05) is 42.3 Å². The molecule has 166 valence electrons. The summed E-state index contributed by atoms with van der Waals surface area (Å²) in [6, 6.07) is 5.62. The third kappa shape index (κ3) is 8.31. The lowest BCUT2D eigenvalue weighted by Crippen LogP contribution is -2.30. The highest BCUT2D eigenvalue weighted by molar-refractivity contribution is 6.43. The van der Waals surface area contributed by atoms with E-state index in [1.165, 1.54) is 5.57 Å². The lowest BCUT2D eigenvalue weighted by Gasteiger charge is -2.21.